The summed E-state index contributed by atoms with van der Waals surface area (Å²) in [5.41, 5.74) is 0. The minimum Gasteiger partial charge on any atom is -0.394 e. The second-order valence-electron chi connectivity index (χ2n) is 9.41. The van der Waals surface area contributed by atoms with Crippen LogP contribution in [0.3, 0.4) is 0 Å². The van der Waals surface area contributed by atoms with Crippen LogP contribution in [0.1, 0.15) is 104 Å². The lowest BCUT2D eigenvalue weighted by Gasteiger charge is -2.23. The Balaban J connectivity index is 3.94. The lowest BCUT2D eigenvalue weighted by atomic mass is 10.0. The molecule has 0 unspecified atom stereocenters. The van der Waals surface area contributed by atoms with Crippen molar-refractivity contribution in [1.82, 2.24) is 21.3 Å². The van der Waals surface area contributed by atoms with E-state index in [0.29, 0.717) is 6.42 Å². The first-order valence-electron chi connectivity index (χ1n) is 13.6. The van der Waals surface area contributed by atoms with Crippen LogP contribution >= 0.6 is 0 Å². The van der Waals surface area contributed by atoms with Gasteiger partial charge in [-0.2, -0.15) is 0 Å². The zero-order chi connectivity index (χ0) is 27.2. The molecule has 10 heteroatoms. The van der Waals surface area contributed by atoms with E-state index >= 15 is 0 Å². The van der Waals surface area contributed by atoms with Crippen LogP contribution in [0.4, 0.5) is 0 Å². The molecule has 4 amide bonds. The number of carbonyl (C=O) groups excluding carboxylic acids is 4. The lowest BCUT2D eigenvalue weighted by molar-refractivity contribution is -0.134. The van der Waals surface area contributed by atoms with Crippen LogP contribution in [0.15, 0.2) is 0 Å². The first kappa shape index (κ1) is 33.8. The van der Waals surface area contributed by atoms with Crippen LogP contribution < -0.4 is 21.3 Å². The Labute approximate surface area is 216 Å². The quantitative estimate of drug-likeness (QED) is 0.121. The lowest BCUT2D eigenvalue weighted by Crippen LogP contribution is -2.58. The molecule has 0 saturated heterocycles. The van der Waals surface area contributed by atoms with E-state index in [-0.39, 0.29) is 12.5 Å². The van der Waals surface area contributed by atoms with Crippen LogP contribution in [-0.2, 0) is 19.2 Å². The third-order valence-corrected chi connectivity index (χ3v) is 6.10. The van der Waals surface area contributed by atoms with Gasteiger partial charge < -0.3 is 31.5 Å². The number of rotatable bonds is 22. The molecular formula is C26H50N4O6. The fourth-order valence-electron chi connectivity index (χ4n) is 3.82. The normalized spacial score (nSPS) is 13.4. The number of likely N-dealkylation sites (N-methyl/N-ethyl adjacent to an activating group) is 1. The van der Waals surface area contributed by atoms with Crippen molar-refractivity contribution in [3.63, 3.8) is 0 Å². The van der Waals surface area contributed by atoms with E-state index in [1.54, 1.807) is 0 Å². The maximum atomic E-state index is 12.3. The zero-order valence-corrected chi connectivity index (χ0v) is 22.6. The predicted molar refractivity (Wildman–Crippen MR) is 140 cm³/mol. The molecule has 0 aromatic heterocycles. The number of aliphatic hydroxyl groups is 2. The number of hydrogen-bond donors (Lipinski definition) is 6. The van der Waals surface area contributed by atoms with E-state index in [4.69, 9.17) is 0 Å². The van der Waals surface area contributed by atoms with Gasteiger partial charge >= 0.3 is 0 Å². The summed E-state index contributed by atoms with van der Waals surface area (Å²) in [5, 5.41) is 28.5. The molecule has 6 N–H and O–H groups in total. The Bertz CT molecular complexity index is 630. The Morgan fingerprint density at radius 3 is 1.67 bits per heavy atom. The molecule has 10 nitrogen and oxygen atoms in total. The highest BCUT2D eigenvalue weighted by atomic mass is 16.3. The van der Waals surface area contributed by atoms with Gasteiger partial charge in [0.2, 0.25) is 23.6 Å². The zero-order valence-electron chi connectivity index (χ0n) is 22.6. The highest BCUT2D eigenvalue weighted by Gasteiger charge is 2.28. The van der Waals surface area contributed by atoms with Gasteiger partial charge in [0.15, 0.2) is 0 Å². The summed E-state index contributed by atoms with van der Waals surface area (Å²) in [4.78, 5) is 48.1. The molecule has 0 rings (SSSR count). The number of carbonyl (C=O) groups is 4. The first-order chi connectivity index (χ1) is 17.3. The number of amides is 4. The van der Waals surface area contributed by atoms with E-state index in [2.05, 4.69) is 28.2 Å². The maximum absolute atomic E-state index is 12.3. The average Bonchev–Trinajstić information content (AvgIpc) is 2.86. The second-order valence-corrected chi connectivity index (χ2v) is 9.41. The number of nitrogens with one attached hydrogen (secondary N) is 4. The van der Waals surface area contributed by atoms with Gasteiger partial charge in [-0.3, -0.25) is 19.2 Å². The van der Waals surface area contributed by atoms with Gasteiger partial charge in [0.25, 0.3) is 0 Å². The van der Waals surface area contributed by atoms with Crippen molar-refractivity contribution < 1.29 is 29.4 Å². The van der Waals surface area contributed by atoms with Gasteiger partial charge in [0, 0.05) is 13.5 Å². The third kappa shape index (κ3) is 17.3. The Morgan fingerprint density at radius 1 is 0.722 bits per heavy atom. The second kappa shape index (κ2) is 22.0. The van der Waals surface area contributed by atoms with Crippen LogP contribution in [0, 0.1) is 0 Å². The van der Waals surface area contributed by atoms with Crippen LogP contribution in [-0.4, -0.2) is 72.2 Å². The molecule has 0 radical (unpaired) electrons. The molecule has 0 aliphatic carbocycles. The van der Waals surface area contributed by atoms with Crippen molar-refractivity contribution in [3.8, 4) is 0 Å². The highest BCUT2D eigenvalue weighted by Crippen LogP contribution is 2.12. The summed E-state index contributed by atoms with van der Waals surface area (Å²) in [6.45, 7) is 2.54. The molecule has 0 aliphatic heterocycles. The molecule has 0 bridgehead atoms. The molecule has 0 saturated carbocycles. The number of unbranched alkanes of at least 4 members (excludes halogenated alkanes) is 12. The Morgan fingerprint density at radius 2 is 1.22 bits per heavy atom. The SMILES string of the molecule is CCCCCCCCCCCCCCCC(=O)NCC(=O)N[C@@H](CO)C(=O)N[C@H](C(=O)NC)[C@@H](C)O. The van der Waals surface area contributed by atoms with Crippen LogP contribution in [0.2, 0.25) is 0 Å². The molecule has 3 atom stereocenters. The summed E-state index contributed by atoms with van der Waals surface area (Å²) < 4.78 is 0. The minimum atomic E-state index is -1.32. The van der Waals surface area contributed by atoms with E-state index in [1.807, 2.05) is 0 Å². The topological polar surface area (TPSA) is 157 Å². The fraction of sp³-hybridized carbons (Fsp3) is 0.846. The summed E-state index contributed by atoms with van der Waals surface area (Å²) >= 11 is 0. The van der Waals surface area contributed by atoms with Gasteiger partial charge in [-0.15, -0.1) is 0 Å². The molecule has 0 spiro atoms. The Kier molecular flexibility index (Phi) is 20.7. The summed E-state index contributed by atoms with van der Waals surface area (Å²) in [7, 11) is 1.36. The van der Waals surface area contributed by atoms with Crippen molar-refractivity contribution in [2.24, 2.45) is 0 Å². The summed E-state index contributed by atoms with van der Waals surface area (Å²) in [6.07, 6.45) is 15.0. The largest absolute Gasteiger partial charge is 0.394 e. The summed E-state index contributed by atoms with van der Waals surface area (Å²) in [5.74, 6) is -2.32. The molecule has 0 heterocycles. The van der Waals surface area contributed by atoms with E-state index in [0.717, 1.165) is 19.3 Å². The van der Waals surface area contributed by atoms with Gasteiger partial charge in [-0.25, -0.2) is 0 Å². The van der Waals surface area contributed by atoms with Crippen LogP contribution in [0.25, 0.3) is 0 Å². The van der Waals surface area contributed by atoms with Crippen LogP contribution in [0.5, 0.6) is 0 Å². The van der Waals surface area contributed by atoms with E-state index < -0.39 is 42.5 Å². The van der Waals surface area contributed by atoms with E-state index in [9.17, 15) is 29.4 Å². The molecule has 0 fully saturated rings. The van der Waals surface area contributed by atoms with E-state index in [1.165, 1.54) is 78.2 Å². The number of aliphatic hydroxyl groups excluding tert-OH is 2. The third-order valence-electron chi connectivity index (χ3n) is 6.10. The van der Waals surface area contributed by atoms with Gasteiger partial charge in [0.1, 0.15) is 12.1 Å². The summed E-state index contributed by atoms with van der Waals surface area (Å²) in [6, 6.07) is -2.55. The smallest absolute Gasteiger partial charge is 0.245 e. The molecule has 0 aromatic carbocycles. The monoisotopic (exact) mass is 514 g/mol. The standard InChI is InChI=1S/C26H50N4O6/c1-4-5-6-7-8-9-10-11-12-13-14-15-16-17-22(33)28-18-23(34)29-21(19-31)25(35)30-24(20(2)32)26(36)27-3/h20-21,24,31-32H,4-19H2,1-3H3,(H,27,36)(H,28,33)(H,29,34)(H,30,35)/t20-,21+,24+/m1/s1. The maximum Gasteiger partial charge on any atom is 0.245 e. The van der Waals surface area contributed by atoms with Gasteiger partial charge in [-0.05, 0) is 13.3 Å². The molecule has 210 valence electrons. The van der Waals surface area contributed by atoms with Crippen molar-refractivity contribution in [3.05, 3.63) is 0 Å². The van der Waals surface area contributed by atoms with Gasteiger partial charge in [0.05, 0.1) is 19.3 Å². The molecule has 36 heavy (non-hydrogen) atoms. The molecular weight excluding hydrogens is 464 g/mol. The highest BCUT2D eigenvalue weighted by molar-refractivity contribution is 5.93. The number of hydrogen-bond acceptors (Lipinski definition) is 6. The fourth-order valence-corrected chi connectivity index (χ4v) is 3.82. The average molecular weight is 515 g/mol. The van der Waals surface area contributed by atoms with Crippen molar-refractivity contribution in [2.45, 2.75) is 122 Å². The van der Waals surface area contributed by atoms with Gasteiger partial charge in [-0.1, -0.05) is 84.0 Å². The Hall–Kier alpha value is -2.20. The predicted octanol–water partition coefficient (Wildman–Crippen LogP) is 1.67. The minimum absolute atomic E-state index is 0.244. The van der Waals surface area contributed by atoms with Crippen molar-refractivity contribution in [2.75, 3.05) is 20.2 Å². The first-order valence-corrected chi connectivity index (χ1v) is 13.6. The molecule has 0 aliphatic rings. The van der Waals surface area contributed by atoms with Crippen molar-refractivity contribution >= 4 is 23.6 Å². The van der Waals surface area contributed by atoms with Crippen molar-refractivity contribution in [1.29, 1.82) is 0 Å². The molecule has 0 aromatic rings.